The molecule has 0 saturated carbocycles. The third-order valence-corrected chi connectivity index (χ3v) is 2.87. The van der Waals surface area contributed by atoms with Crippen LogP contribution >= 0.6 is 0 Å². The molecule has 7 heteroatoms. The first-order valence-electron chi connectivity index (χ1n) is 7.42. The zero-order valence-corrected chi connectivity index (χ0v) is 14.6. The van der Waals surface area contributed by atoms with E-state index >= 15 is 0 Å². The van der Waals surface area contributed by atoms with E-state index in [0.717, 1.165) is 7.11 Å². The Morgan fingerprint density at radius 3 is 2.00 bits per heavy atom. The Bertz CT molecular complexity index is 453. The zero-order chi connectivity index (χ0) is 18.1. The number of hydrogen-bond donors (Lipinski definition) is 0. The molecule has 0 aliphatic rings. The van der Waals surface area contributed by atoms with Gasteiger partial charge in [0.25, 0.3) is 5.60 Å². The second-order valence-corrected chi connectivity index (χ2v) is 5.47. The third-order valence-electron chi connectivity index (χ3n) is 2.87. The molecule has 0 aromatic heterocycles. The quantitative estimate of drug-likeness (QED) is 0.275. The number of esters is 3. The molecule has 0 aromatic carbocycles. The topological polar surface area (TPSA) is 88.1 Å². The van der Waals surface area contributed by atoms with Crippen LogP contribution in [0.1, 0.15) is 41.0 Å². The summed E-state index contributed by atoms with van der Waals surface area (Å²) in [5.74, 6) is -2.14. The molecule has 0 saturated heterocycles. The molecule has 0 aromatic rings. The molecule has 0 amide bonds. The van der Waals surface area contributed by atoms with Crippen LogP contribution in [0.5, 0.6) is 0 Å². The van der Waals surface area contributed by atoms with Crippen molar-refractivity contribution in [3.63, 3.8) is 0 Å². The van der Waals surface area contributed by atoms with Crippen molar-refractivity contribution < 1.29 is 33.3 Å². The maximum Gasteiger partial charge on any atom is 0.350 e. The van der Waals surface area contributed by atoms with Crippen molar-refractivity contribution in [1.29, 1.82) is 0 Å². The fourth-order valence-electron chi connectivity index (χ4n) is 1.85. The van der Waals surface area contributed by atoms with Gasteiger partial charge in [-0.3, -0.25) is 0 Å². The summed E-state index contributed by atoms with van der Waals surface area (Å²) in [6, 6.07) is 0. The third kappa shape index (κ3) is 6.81. The van der Waals surface area contributed by atoms with E-state index in [1.165, 1.54) is 13.0 Å². The van der Waals surface area contributed by atoms with E-state index in [0.29, 0.717) is 0 Å². The summed E-state index contributed by atoms with van der Waals surface area (Å²) in [6.07, 6.45) is 3.10. The van der Waals surface area contributed by atoms with Gasteiger partial charge in [0.1, 0.15) is 0 Å². The van der Waals surface area contributed by atoms with Gasteiger partial charge >= 0.3 is 17.9 Å². The van der Waals surface area contributed by atoms with E-state index < -0.39 is 29.1 Å². The summed E-state index contributed by atoms with van der Waals surface area (Å²) in [5.41, 5.74) is -2.80. The first-order chi connectivity index (χ1) is 10.6. The van der Waals surface area contributed by atoms with Crippen LogP contribution in [0, 0.1) is 0 Å². The molecular formula is C16H26O7. The number of methoxy groups -OCH3 is 1. The molecule has 0 fully saturated rings. The predicted molar refractivity (Wildman–Crippen MR) is 82.6 cm³/mol. The van der Waals surface area contributed by atoms with E-state index in [1.807, 2.05) is 0 Å². The van der Waals surface area contributed by atoms with Crippen LogP contribution in [-0.4, -0.2) is 49.4 Å². The average Bonchev–Trinajstić information content (AvgIpc) is 2.45. The largest absolute Gasteiger partial charge is 0.466 e. The van der Waals surface area contributed by atoms with E-state index in [9.17, 15) is 14.4 Å². The second-order valence-electron chi connectivity index (χ2n) is 5.47. The number of hydrogen-bond acceptors (Lipinski definition) is 7. The highest BCUT2D eigenvalue weighted by molar-refractivity contribution is 6.03. The molecule has 0 rings (SSSR count). The summed E-state index contributed by atoms with van der Waals surface area (Å²) in [6.45, 7) is 8.40. The molecule has 0 radical (unpaired) electrons. The highest BCUT2D eigenvalue weighted by Crippen LogP contribution is 2.26. The molecule has 7 nitrogen and oxygen atoms in total. The summed E-state index contributed by atoms with van der Waals surface area (Å²) in [5, 5.41) is 0. The smallest absolute Gasteiger partial charge is 0.350 e. The molecule has 0 unspecified atom stereocenters. The standard InChI is InChI=1S/C16H26O7/c1-7-21-12(17)10-9-11-15(3,4)23-16(5,13(18)20-6)14(19)22-8-2/h9-10H,7-8,11H2,1-6H3/b10-9+/t16-/m0/s1. The summed E-state index contributed by atoms with van der Waals surface area (Å²) in [7, 11) is 1.16. The molecule has 1 atom stereocenters. The Morgan fingerprint density at radius 1 is 0.957 bits per heavy atom. The lowest BCUT2D eigenvalue weighted by Gasteiger charge is -2.34. The normalized spacial score (nSPS) is 14.2. The van der Waals surface area contributed by atoms with E-state index in [1.54, 1.807) is 33.8 Å². The van der Waals surface area contributed by atoms with Crippen LogP contribution < -0.4 is 0 Å². The maximum absolute atomic E-state index is 12.1. The Morgan fingerprint density at radius 2 is 1.52 bits per heavy atom. The van der Waals surface area contributed by atoms with Gasteiger partial charge in [0, 0.05) is 6.08 Å². The fourth-order valence-corrected chi connectivity index (χ4v) is 1.85. The van der Waals surface area contributed by atoms with Crippen molar-refractivity contribution in [2.75, 3.05) is 20.3 Å². The van der Waals surface area contributed by atoms with Gasteiger partial charge in [0.05, 0.1) is 25.9 Å². The molecule has 0 aliphatic carbocycles. The first-order valence-corrected chi connectivity index (χ1v) is 7.42. The van der Waals surface area contributed by atoms with Crippen LogP contribution in [0.3, 0.4) is 0 Å². The van der Waals surface area contributed by atoms with E-state index in [-0.39, 0.29) is 19.6 Å². The average molecular weight is 330 g/mol. The van der Waals surface area contributed by atoms with Crippen LogP contribution in [0.4, 0.5) is 0 Å². The molecular weight excluding hydrogens is 304 g/mol. The highest BCUT2D eigenvalue weighted by Gasteiger charge is 2.48. The Kier molecular flexibility index (Phi) is 8.53. The van der Waals surface area contributed by atoms with Gasteiger partial charge in [-0.15, -0.1) is 0 Å². The Balaban J connectivity index is 5.06. The van der Waals surface area contributed by atoms with Crippen molar-refractivity contribution in [3.05, 3.63) is 12.2 Å². The summed E-state index contributed by atoms with van der Waals surface area (Å²) < 4.78 is 20.0. The number of carbonyl (C=O) groups is 3. The molecule has 0 bridgehead atoms. The van der Waals surface area contributed by atoms with Crippen molar-refractivity contribution in [1.82, 2.24) is 0 Å². The minimum Gasteiger partial charge on any atom is -0.466 e. The second kappa shape index (κ2) is 9.29. The van der Waals surface area contributed by atoms with Gasteiger partial charge in [-0.25, -0.2) is 14.4 Å². The summed E-state index contributed by atoms with van der Waals surface area (Å²) >= 11 is 0. The molecule has 0 spiro atoms. The Hall–Kier alpha value is -1.89. The van der Waals surface area contributed by atoms with Gasteiger partial charge in [-0.05, 0) is 41.0 Å². The van der Waals surface area contributed by atoms with Crippen molar-refractivity contribution in [3.8, 4) is 0 Å². The monoisotopic (exact) mass is 330 g/mol. The van der Waals surface area contributed by atoms with Crippen LogP contribution in [-0.2, 0) is 33.3 Å². The minimum absolute atomic E-state index is 0.109. The predicted octanol–water partition coefficient (Wildman–Crippen LogP) is 1.79. The maximum atomic E-state index is 12.1. The van der Waals surface area contributed by atoms with E-state index in [2.05, 4.69) is 4.74 Å². The fraction of sp³-hybridized carbons (Fsp3) is 0.688. The van der Waals surface area contributed by atoms with Gasteiger partial charge in [0.15, 0.2) is 0 Å². The number of ether oxygens (including phenoxy) is 4. The zero-order valence-electron chi connectivity index (χ0n) is 14.6. The van der Waals surface area contributed by atoms with Gasteiger partial charge in [-0.2, -0.15) is 0 Å². The molecule has 0 aliphatic heterocycles. The van der Waals surface area contributed by atoms with Crippen LogP contribution in [0.15, 0.2) is 12.2 Å². The van der Waals surface area contributed by atoms with Gasteiger partial charge < -0.3 is 18.9 Å². The lowest BCUT2D eigenvalue weighted by Crippen LogP contribution is -2.52. The van der Waals surface area contributed by atoms with Crippen molar-refractivity contribution in [2.24, 2.45) is 0 Å². The summed E-state index contributed by atoms with van der Waals surface area (Å²) in [4.78, 5) is 35.3. The number of carbonyl (C=O) groups excluding carboxylic acids is 3. The van der Waals surface area contributed by atoms with Crippen LogP contribution in [0.25, 0.3) is 0 Å². The van der Waals surface area contributed by atoms with Crippen molar-refractivity contribution >= 4 is 17.9 Å². The SMILES string of the molecule is CCOC(=O)/C=C/CC(C)(C)O[C@@](C)(C(=O)OC)C(=O)OCC. The lowest BCUT2D eigenvalue weighted by molar-refractivity contribution is -0.203. The van der Waals surface area contributed by atoms with Gasteiger partial charge in [0.2, 0.25) is 0 Å². The minimum atomic E-state index is -1.88. The Labute approximate surface area is 136 Å². The van der Waals surface area contributed by atoms with Crippen molar-refractivity contribution in [2.45, 2.75) is 52.2 Å². The molecule has 0 heterocycles. The van der Waals surface area contributed by atoms with Gasteiger partial charge in [-0.1, -0.05) is 6.08 Å². The molecule has 0 N–H and O–H groups in total. The highest BCUT2D eigenvalue weighted by atomic mass is 16.6. The molecule has 23 heavy (non-hydrogen) atoms. The lowest BCUT2D eigenvalue weighted by atomic mass is 10.0. The molecule has 132 valence electrons. The van der Waals surface area contributed by atoms with Crippen LogP contribution in [0.2, 0.25) is 0 Å². The van der Waals surface area contributed by atoms with E-state index in [4.69, 9.17) is 14.2 Å². The number of rotatable bonds is 9. The first kappa shape index (κ1) is 21.1.